The summed E-state index contributed by atoms with van der Waals surface area (Å²) in [4.78, 5) is 19.0. The molecule has 3 rings (SSSR count). The molecule has 2 aromatic rings. The molecule has 0 unspecified atom stereocenters. The van der Waals surface area contributed by atoms with Crippen LogP contribution in [0.3, 0.4) is 0 Å². The molecule has 0 radical (unpaired) electrons. The second-order valence-corrected chi connectivity index (χ2v) is 7.35. The van der Waals surface area contributed by atoms with Gasteiger partial charge in [-0.25, -0.2) is 0 Å². The molecule has 29 heavy (non-hydrogen) atoms. The second kappa shape index (κ2) is 10.1. The molecular weight excluding hydrogens is 370 g/mol. The lowest BCUT2D eigenvalue weighted by molar-refractivity contribution is -0.132. The molecule has 1 amide bonds. The summed E-state index contributed by atoms with van der Waals surface area (Å²) in [7, 11) is 3.16. The van der Waals surface area contributed by atoms with Crippen molar-refractivity contribution in [3.8, 4) is 22.9 Å². The van der Waals surface area contributed by atoms with Gasteiger partial charge in [-0.05, 0) is 37.0 Å². The Hall–Kier alpha value is -2.83. The molecular formula is C22H29N3O4. The van der Waals surface area contributed by atoms with E-state index in [0.29, 0.717) is 42.1 Å². The minimum absolute atomic E-state index is 0.114. The molecule has 1 aliphatic rings. The summed E-state index contributed by atoms with van der Waals surface area (Å²) in [5.74, 6) is 2.65. The largest absolute Gasteiger partial charge is 0.493 e. The molecule has 1 aliphatic carbocycles. The molecule has 7 heteroatoms. The van der Waals surface area contributed by atoms with Crippen molar-refractivity contribution in [2.75, 3.05) is 20.8 Å². The number of hydrogen-bond acceptors (Lipinski definition) is 6. The van der Waals surface area contributed by atoms with Crippen molar-refractivity contribution in [2.45, 2.75) is 45.1 Å². The Balaban J connectivity index is 1.69. The van der Waals surface area contributed by atoms with Crippen LogP contribution in [0.4, 0.5) is 0 Å². The molecule has 1 saturated carbocycles. The second-order valence-electron chi connectivity index (χ2n) is 7.35. The number of benzene rings is 1. The lowest BCUT2D eigenvalue weighted by atomic mass is 9.86. The number of amides is 1. The Morgan fingerprint density at radius 3 is 2.69 bits per heavy atom. The number of ether oxygens (including phenoxy) is 2. The normalized spacial score (nSPS) is 14.4. The molecule has 1 aromatic heterocycles. The van der Waals surface area contributed by atoms with Crippen molar-refractivity contribution in [2.24, 2.45) is 5.92 Å². The van der Waals surface area contributed by atoms with Crippen LogP contribution in [0.15, 0.2) is 35.4 Å². The predicted molar refractivity (Wildman–Crippen MR) is 110 cm³/mol. The summed E-state index contributed by atoms with van der Waals surface area (Å²) in [6, 6.07) is 5.43. The molecule has 7 nitrogen and oxygen atoms in total. The molecule has 156 valence electrons. The van der Waals surface area contributed by atoms with Gasteiger partial charge in [-0.1, -0.05) is 30.5 Å². The lowest BCUT2D eigenvalue weighted by Crippen LogP contribution is -2.32. The van der Waals surface area contributed by atoms with E-state index in [1.807, 2.05) is 6.07 Å². The summed E-state index contributed by atoms with van der Waals surface area (Å²) in [5.41, 5.74) is 0.751. The third kappa shape index (κ3) is 5.37. The summed E-state index contributed by atoms with van der Waals surface area (Å²) in [6.45, 7) is 4.51. The average molecular weight is 399 g/mol. The molecule has 1 heterocycles. The van der Waals surface area contributed by atoms with Crippen LogP contribution in [-0.2, 0) is 11.3 Å². The number of carbonyl (C=O) groups excluding carboxylic acids is 1. The standard InChI is InChI=1S/C22H29N3O4/c1-4-12-25(21(26)13-16-8-6-5-7-9-16)15-20-23-22(24-29-20)17-10-11-18(27-2)19(14-17)28-3/h4,10-11,14,16H,1,5-9,12-13,15H2,2-3H3. The van der Waals surface area contributed by atoms with E-state index in [2.05, 4.69) is 16.7 Å². The molecule has 0 N–H and O–H groups in total. The lowest BCUT2D eigenvalue weighted by Gasteiger charge is -2.25. The quantitative estimate of drug-likeness (QED) is 0.587. The smallest absolute Gasteiger partial charge is 0.246 e. The number of hydrogen-bond donors (Lipinski definition) is 0. The molecule has 0 aliphatic heterocycles. The number of rotatable bonds is 9. The van der Waals surface area contributed by atoms with Gasteiger partial charge >= 0.3 is 0 Å². The van der Waals surface area contributed by atoms with E-state index < -0.39 is 0 Å². The Morgan fingerprint density at radius 2 is 2.00 bits per heavy atom. The van der Waals surface area contributed by atoms with E-state index in [0.717, 1.165) is 18.4 Å². The Bertz CT molecular complexity index is 827. The van der Waals surface area contributed by atoms with Gasteiger partial charge in [-0.15, -0.1) is 6.58 Å². The molecule has 0 saturated heterocycles. The van der Waals surface area contributed by atoms with Crippen molar-refractivity contribution >= 4 is 5.91 Å². The topological polar surface area (TPSA) is 77.7 Å². The highest BCUT2D eigenvalue weighted by Crippen LogP contribution is 2.31. The van der Waals surface area contributed by atoms with Crippen molar-refractivity contribution in [1.82, 2.24) is 15.0 Å². The fourth-order valence-electron chi connectivity index (χ4n) is 3.75. The maximum absolute atomic E-state index is 12.8. The molecule has 1 fully saturated rings. The molecule has 0 spiro atoms. The predicted octanol–water partition coefficient (Wildman–Crippen LogP) is 4.24. The van der Waals surface area contributed by atoms with Crippen LogP contribution in [-0.4, -0.2) is 41.7 Å². The SMILES string of the molecule is C=CCN(Cc1nc(-c2ccc(OC)c(OC)c2)no1)C(=O)CC1CCCCC1. The minimum Gasteiger partial charge on any atom is -0.493 e. The van der Waals surface area contributed by atoms with Gasteiger partial charge in [0.2, 0.25) is 17.6 Å². The zero-order valence-corrected chi connectivity index (χ0v) is 17.2. The summed E-state index contributed by atoms with van der Waals surface area (Å²) in [6.07, 6.45) is 8.29. The van der Waals surface area contributed by atoms with E-state index in [4.69, 9.17) is 14.0 Å². The fraction of sp³-hybridized carbons (Fsp3) is 0.500. The van der Waals surface area contributed by atoms with Crippen LogP contribution in [0.2, 0.25) is 0 Å². The Labute approximate surface area is 171 Å². The van der Waals surface area contributed by atoms with Crippen molar-refractivity contribution < 1.29 is 18.8 Å². The zero-order valence-electron chi connectivity index (χ0n) is 17.2. The van der Waals surface area contributed by atoms with Gasteiger partial charge in [0.15, 0.2) is 11.5 Å². The third-order valence-corrected chi connectivity index (χ3v) is 5.33. The summed E-state index contributed by atoms with van der Waals surface area (Å²) in [5, 5.41) is 4.06. The highest BCUT2D eigenvalue weighted by atomic mass is 16.5. The van der Waals surface area contributed by atoms with Gasteiger partial charge in [0.1, 0.15) is 6.54 Å². The highest BCUT2D eigenvalue weighted by Gasteiger charge is 2.22. The summed E-state index contributed by atoms with van der Waals surface area (Å²) < 4.78 is 16.0. The van der Waals surface area contributed by atoms with E-state index in [9.17, 15) is 4.79 Å². The fourth-order valence-corrected chi connectivity index (χ4v) is 3.75. The Morgan fingerprint density at radius 1 is 1.24 bits per heavy atom. The average Bonchev–Trinajstić information content (AvgIpc) is 3.22. The first kappa shape index (κ1) is 20.9. The number of aromatic nitrogens is 2. The van der Waals surface area contributed by atoms with Crippen LogP contribution in [0.5, 0.6) is 11.5 Å². The van der Waals surface area contributed by atoms with Gasteiger partial charge in [0, 0.05) is 18.5 Å². The van der Waals surface area contributed by atoms with Gasteiger partial charge in [0.25, 0.3) is 0 Å². The van der Waals surface area contributed by atoms with Crippen LogP contribution >= 0.6 is 0 Å². The molecule has 1 aromatic carbocycles. The maximum Gasteiger partial charge on any atom is 0.246 e. The van der Waals surface area contributed by atoms with Gasteiger partial charge < -0.3 is 18.9 Å². The minimum atomic E-state index is 0.114. The maximum atomic E-state index is 12.8. The first-order valence-electron chi connectivity index (χ1n) is 10.1. The van der Waals surface area contributed by atoms with Crippen molar-refractivity contribution in [1.29, 1.82) is 0 Å². The van der Waals surface area contributed by atoms with E-state index >= 15 is 0 Å². The van der Waals surface area contributed by atoms with E-state index in [-0.39, 0.29) is 12.5 Å². The van der Waals surface area contributed by atoms with Crippen LogP contribution in [0, 0.1) is 5.92 Å². The van der Waals surface area contributed by atoms with Crippen molar-refractivity contribution in [3.63, 3.8) is 0 Å². The van der Waals surface area contributed by atoms with Crippen LogP contribution in [0.1, 0.15) is 44.4 Å². The number of carbonyl (C=O) groups is 1. The number of methoxy groups -OCH3 is 2. The van der Waals surface area contributed by atoms with Gasteiger partial charge in [-0.3, -0.25) is 4.79 Å². The van der Waals surface area contributed by atoms with Crippen molar-refractivity contribution in [3.05, 3.63) is 36.7 Å². The molecule has 0 atom stereocenters. The van der Waals surface area contributed by atoms with E-state index in [1.54, 1.807) is 37.3 Å². The zero-order chi connectivity index (χ0) is 20.6. The highest BCUT2D eigenvalue weighted by molar-refractivity contribution is 5.76. The Kier molecular flexibility index (Phi) is 7.27. The van der Waals surface area contributed by atoms with Crippen LogP contribution in [0.25, 0.3) is 11.4 Å². The first-order chi connectivity index (χ1) is 14.1. The summed E-state index contributed by atoms with van der Waals surface area (Å²) >= 11 is 0. The monoisotopic (exact) mass is 399 g/mol. The van der Waals surface area contributed by atoms with Crippen LogP contribution < -0.4 is 9.47 Å². The molecule has 0 bridgehead atoms. The van der Waals surface area contributed by atoms with Gasteiger partial charge in [0.05, 0.1) is 14.2 Å². The number of nitrogens with zero attached hydrogens (tertiary/aromatic N) is 3. The first-order valence-corrected chi connectivity index (χ1v) is 10.1. The van der Waals surface area contributed by atoms with Gasteiger partial charge in [-0.2, -0.15) is 4.98 Å². The van der Waals surface area contributed by atoms with E-state index in [1.165, 1.54) is 19.3 Å². The third-order valence-electron chi connectivity index (χ3n) is 5.33.